The molecule has 9 heterocycles. The van der Waals surface area contributed by atoms with E-state index < -0.39 is 0 Å². The molecule has 3 nitrogen and oxygen atoms in total. The fraction of sp³-hybridized carbons (Fsp3) is 0.321. The number of hydrogen-bond donors (Lipinski definition) is 0. The fourth-order valence-corrected chi connectivity index (χ4v) is 22.1. The molecule has 17 rings (SSSR count). The van der Waals surface area contributed by atoms with E-state index in [1.807, 2.05) is 112 Å². The van der Waals surface area contributed by atoms with E-state index in [0.717, 1.165) is 21.0 Å². The molecule has 0 radical (unpaired) electrons. The van der Waals surface area contributed by atoms with Crippen molar-refractivity contribution in [3.8, 4) is 0 Å². The molecule has 0 spiro atoms. The number of benzene rings is 6. The van der Waals surface area contributed by atoms with Crippen molar-refractivity contribution in [1.29, 1.82) is 0 Å². The van der Waals surface area contributed by atoms with Gasteiger partial charge in [-0.2, -0.15) is 0 Å². The smallest absolute Gasteiger partial charge is 0.258 e. The third-order valence-electron chi connectivity index (χ3n) is 20.9. The van der Waals surface area contributed by atoms with Gasteiger partial charge in [-0.15, -0.1) is 102 Å². The van der Waals surface area contributed by atoms with E-state index in [2.05, 4.69) is 346 Å². The van der Waals surface area contributed by atoms with E-state index in [1.54, 1.807) is 40.9 Å². The van der Waals surface area contributed by atoms with Crippen LogP contribution in [-0.2, 0) is 0 Å². The minimum absolute atomic E-state index is 0.150. The molecule has 13 heteroatoms. The van der Waals surface area contributed by atoms with Gasteiger partial charge in [0.25, 0.3) is 5.69 Å². The quantitative estimate of drug-likeness (QED) is 0.121. The van der Waals surface area contributed by atoms with Crippen molar-refractivity contribution in [3.63, 3.8) is 0 Å². The number of aryl methyl sites for hydroxylation is 31. The molecule has 15 aromatic rings. The lowest BCUT2D eigenvalue weighted by atomic mass is 9.76. The standard InChI is InChI=1S/C16H16.C10H9FS.C10H9NO2S.C10H10S.C10H14.C9H12.5C7H10S.C6H8S/c1-11-3-7-15-13(9-11)5-6-14-10-12(2)4-8-16(14)15;1-6-9-4-3-8(11)5-10(9)7(2)12-6;1-6-9-4-3-8(11(12)13)5-10(9)7(2)14-6;1-7-9-5-3-4-6-10(9)8(2)11-7;1-7-5-9(3)10(4)6-8(7)2;1-7-4-5-8(2)9(3)6-7;5*1-5-4-6(2)8-7(5)3;1-5-3-4-6(2)7-5/h3-10,13,15H,1-2H3;3-5H,1-2H3;3-5H,1-2H3;3-6H,1-2H3;5-6H,1-4H3;4-6H,1-3H3;5*4H,1-3H3;3-4H,1-2H3. The number of nitro benzene ring substituents is 1. The van der Waals surface area contributed by atoms with Crippen molar-refractivity contribution in [2.45, 2.75) is 227 Å². The Hall–Kier alpha value is -8.05. The van der Waals surface area contributed by atoms with Gasteiger partial charge in [-0.3, -0.25) is 10.1 Å². The fourth-order valence-electron chi connectivity index (χ4n) is 13.5. The highest BCUT2D eigenvalue weighted by Crippen LogP contribution is 2.40. The maximum absolute atomic E-state index is 12.8. The molecule has 630 valence electrons. The Kier molecular flexibility index (Phi) is 39.7. The van der Waals surface area contributed by atoms with E-state index in [0.29, 0.717) is 11.8 Å². The van der Waals surface area contributed by atoms with Crippen molar-refractivity contribution in [2.75, 3.05) is 0 Å². The van der Waals surface area contributed by atoms with E-state index in [9.17, 15) is 14.5 Å². The second-order valence-electron chi connectivity index (χ2n) is 31.5. The topological polar surface area (TPSA) is 43.1 Å². The number of non-ortho nitro benzene ring substituents is 1. The van der Waals surface area contributed by atoms with E-state index in [-0.39, 0.29) is 16.4 Å². The molecule has 9 aromatic heterocycles. The van der Waals surface area contributed by atoms with Crippen molar-refractivity contribution in [1.82, 2.24) is 0 Å². The highest BCUT2D eigenvalue weighted by atomic mass is 32.1. The predicted octanol–water partition coefficient (Wildman–Crippen LogP) is 36.1. The number of thiophene rings is 9. The van der Waals surface area contributed by atoms with Gasteiger partial charge in [-0.25, -0.2) is 4.39 Å². The SMILES string of the molecule is CC1=CC2C=Cc3cc(C)ccc3C2C=C1.Cc1cc(C)c(C)cc1C.Cc1cc(C)c(C)s1.Cc1cc(C)c(C)s1.Cc1cc(C)c(C)s1.Cc1cc(C)c(C)s1.Cc1cc(C)c(C)s1.Cc1ccc(C)c(C)c1.Cc1ccc(C)s1.Cc1sc(C)c2cc(F)ccc12.Cc1sc(C)c2cc([N+](=O)[O-])ccc12.Cc1sc(C)c2ccccc12. The average molecular weight is 1760 g/mol. The third kappa shape index (κ3) is 31.4. The van der Waals surface area contributed by atoms with Gasteiger partial charge in [-0.05, 0) is 381 Å². The summed E-state index contributed by atoms with van der Waals surface area (Å²) in [6.45, 7) is 68.3. The normalized spacial score (nSPS) is 12.3. The summed E-state index contributed by atoms with van der Waals surface area (Å²) >= 11 is 16.5. The van der Waals surface area contributed by atoms with Crippen LogP contribution in [0.15, 0.2) is 182 Å². The maximum Gasteiger partial charge on any atom is 0.270 e. The Balaban J connectivity index is 0.000000203. The molecule has 6 aromatic carbocycles. The lowest BCUT2D eigenvalue weighted by molar-refractivity contribution is -0.384. The summed E-state index contributed by atoms with van der Waals surface area (Å²) in [5, 5.41) is 17.8. The van der Waals surface area contributed by atoms with E-state index >= 15 is 0 Å². The van der Waals surface area contributed by atoms with Crippen LogP contribution in [0.1, 0.15) is 184 Å². The maximum atomic E-state index is 12.8. The molecule has 0 amide bonds. The molecule has 2 aliphatic rings. The summed E-state index contributed by atoms with van der Waals surface area (Å²) in [6, 6.07) is 51.7. The van der Waals surface area contributed by atoms with Crippen LogP contribution in [-0.4, -0.2) is 4.92 Å². The van der Waals surface area contributed by atoms with Crippen LogP contribution in [0.2, 0.25) is 0 Å². The summed E-state index contributed by atoms with van der Waals surface area (Å²) in [4.78, 5) is 35.0. The number of allylic oxidation sites excluding steroid dienone is 5. The average Bonchev–Trinajstić information content (AvgIpc) is 1.31. The lowest BCUT2D eigenvalue weighted by Crippen LogP contribution is -2.14. The number of nitrogens with zero attached hydrogens (tertiary/aromatic N) is 1. The first-order chi connectivity index (χ1) is 55.9. The van der Waals surface area contributed by atoms with Crippen LogP contribution >= 0.6 is 102 Å². The van der Waals surface area contributed by atoms with Gasteiger partial charge in [0.1, 0.15) is 5.82 Å². The molecule has 0 N–H and O–H groups in total. The zero-order valence-corrected chi connectivity index (χ0v) is 84.1. The molecule has 0 fully saturated rings. The Labute approximate surface area is 750 Å². The molecule has 119 heavy (non-hydrogen) atoms. The Morgan fingerprint density at radius 3 is 0.950 bits per heavy atom. The summed E-state index contributed by atoms with van der Waals surface area (Å²) in [5.74, 6) is 0.952. The molecular weight excluding hydrogens is 1630 g/mol. The highest BCUT2D eigenvalue weighted by Gasteiger charge is 2.24. The summed E-state index contributed by atoms with van der Waals surface area (Å²) in [6.07, 6.45) is 11.6. The van der Waals surface area contributed by atoms with Crippen LogP contribution in [0.3, 0.4) is 0 Å². The molecule has 0 aliphatic heterocycles. The number of halogens is 1. The Bertz CT molecular complexity index is 5470. The van der Waals surface area contributed by atoms with Crippen LogP contribution in [0.4, 0.5) is 10.1 Å². The van der Waals surface area contributed by atoms with Crippen molar-refractivity contribution in [2.24, 2.45) is 5.92 Å². The first kappa shape index (κ1) is 99.8. The molecule has 2 unspecified atom stereocenters. The number of hydrogen-bond acceptors (Lipinski definition) is 11. The Morgan fingerprint density at radius 1 is 0.277 bits per heavy atom. The molecule has 0 bridgehead atoms. The van der Waals surface area contributed by atoms with Gasteiger partial charge in [0.2, 0.25) is 0 Å². The van der Waals surface area contributed by atoms with Crippen LogP contribution in [0.5, 0.6) is 0 Å². The monoisotopic (exact) mass is 1750 g/mol. The van der Waals surface area contributed by atoms with Crippen molar-refractivity contribution in [3.05, 3.63) is 369 Å². The largest absolute Gasteiger partial charge is 0.270 e. The van der Waals surface area contributed by atoms with Gasteiger partial charge in [0.15, 0.2) is 0 Å². The van der Waals surface area contributed by atoms with E-state index in [1.165, 1.54) is 194 Å². The van der Waals surface area contributed by atoms with Crippen molar-refractivity contribution < 1.29 is 9.31 Å². The van der Waals surface area contributed by atoms with Gasteiger partial charge < -0.3 is 0 Å². The first-order valence-electron chi connectivity index (χ1n) is 40.6. The van der Waals surface area contributed by atoms with Gasteiger partial charge in [0, 0.05) is 117 Å². The first-order valence-corrected chi connectivity index (χ1v) is 47.9. The molecular formula is C106H128FNO2S9. The van der Waals surface area contributed by atoms with Crippen LogP contribution < -0.4 is 0 Å². The summed E-state index contributed by atoms with van der Waals surface area (Å²) in [7, 11) is 0. The molecule has 0 saturated carbocycles. The van der Waals surface area contributed by atoms with Crippen molar-refractivity contribution >= 4 is 146 Å². The number of fused-ring (bicyclic) bond motifs is 6. The van der Waals surface area contributed by atoms with E-state index in [4.69, 9.17) is 0 Å². The third-order valence-corrected chi connectivity index (χ3v) is 30.4. The van der Waals surface area contributed by atoms with Gasteiger partial charge in [0.05, 0.1) is 4.92 Å². The zero-order valence-electron chi connectivity index (χ0n) is 76.8. The molecule has 2 atom stereocenters. The molecule has 2 aliphatic carbocycles. The minimum atomic E-state index is -0.355. The Morgan fingerprint density at radius 2 is 0.622 bits per heavy atom. The highest BCUT2D eigenvalue weighted by molar-refractivity contribution is 7.15. The second-order valence-corrected chi connectivity index (χ2v) is 44.6. The predicted molar refractivity (Wildman–Crippen MR) is 542 cm³/mol. The second kappa shape index (κ2) is 47.4. The number of rotatable bonds is 1. The summed E-state index contributed by atoms with van der Waals surface area (Å²) in [5.41, 5.74) is 22.5. The zero-order chi connectivity index (χ0) is 88.6. The van der Waals surface area contributed by atoms with Crippen LogP contribution in [0.25, 0.3) is 38.4 Å². The van der Waals surface area contributed by atoms with Gasteiger partial charge >= 0.3 is 0 Å². The summed E-state index contributed by atoms with van der Waals surface area (Å²) < 4.78 is 12.8. The van der Waals surface area contributed by atoms with Crippen LogP contribution in [0, 0.1) is 236 Å². The lowest BCUT2D eigenvalue weighted by Gasteiger charge is -2.28. The van der Waals surface area contributed by atoms with Gasteiger partial charge in [-0.1, -0.05) is 126 Å². The minimum Gasteiger partial charge on any atom is -0.258 e. The molecule has 0 saturated heterocycles. The number of nitro groups is 1.